The highest BCUT2D eigenvalue weighted by molar-refractivity contribution is 5.95. The summed E-state index contributed by atoms with van der Waals surface area (Å²) < 4.78 is 26.1. The van der Waals surface area contributed by atoms with Crippen molar-refractivity contribution in [1.29, 1.82) is 0 Å². The first-order valence-electron chi connectivity index (χ1n) is 11.9. The summed E-state index contributed by atoms with van der Waals surface area (Å²) in [7, 11) is 3.25. The normalized spacial score (nSPS) is 11.2. The first kappa shape index (κ1) is 24.2. The maximum absolute atomic E-state index is 13.1. The second-order valence-corrected chi connectivity index (χ2v) is 8.79. The predicted octanol–water partition coefficient (Wildman–Crippen LogP) is 5.35. The molecule has 5 aromatic rings. The molecule has 37 heavy (non-hydrogen) atoms. The highest BCUT2D eigenvalue weighted by atomic mass is 16.5. The van der Waals surface area contributed by atoms with Crippen LogP contribution in [-0.4, -0.2) is 39.5 Å². The summed E-state index contributed by atoms with van der Waals surface area (Å²) in [6.45, 7) is 6.92. The molecule has 0 fully saturated rings. The van der Waals surface area contributed by atoms with Crippen molar-refractivity contribution in [3.63, 3.8) is 0 Å². The largest absolute Gasteiger partial charge is 0.493 e. The Bertz CT molecular complexity index is 1590. The monoisotopic (exact) mass is 500 g/mol. The molecule has 5 rings (SSSR count). The van der Waals surface area contributed by atoms with Crippen LogP contribution in [0.1, 0.15) is 27.4 Å². The van der Waals surface area contributed by atoms with Gasteiger partial charge in [-0.15, -0.1) is 0 Å². The summed E-state index contributed by atoms with van der Waals surface area (Å²) in [5.74, 6) is 1.58. The predicted molar refractivity (Wildman–Crippen MR) is 138 cm³/mol. The third-order valence-electron chi connectivity index (χ3n) is 6.38. The van der Waals surface area contributed by atoms with Gasteiger partial charge in [0.15, 0.2) is 35.1 Å². The van der Waals surface area contributed by atoms with Gasteiger partial charge in [-0.1, -0.05) is 23.8 Å². The molecule has 0 radical (unpaired) electrons. The van der Waals surface area contributed by atoms with Crippen molar-refractivity contribution in [1.82, 2.24) is 19.3 Å². The SMILES string of the molecule is COc1cc2ccn(CCn3nc(C)c(OC(=O)c4ncoc4-c4cccc(C)c4)c3C)c2cc1OC. The van der Waals surface area contributed by atoms with Crippen molar-refractivity contribution >= 4 is 16.9 Å². The lowest BCUT2D eigenvalue weighted by atomic mass is 10.1. The van der Waals surface area contributed by atoms with Gasteiger partial charge in [0.05, 0.1) is 32.0 Å². The van der Waals surface area contributed by atoms with Gasteiger partial charge in [0.25, 0.3) is 0 Å². The minimum absolute atomic E-state index is 0.125. The first-order valence-corrected chi connectivity index (χ1v) is 11.9. The van der Waals surface area contributed by atoms with Gasteiger partial charge in [0.2, 0.25) is 0 Å². The zero-order chi connectivity index (χ0) is 26.1. The highest BCUT2D eigenvalue weighted by Gasteiger charge is 2.24. The number of carbonyl (C=O) groups excluding carboxylic acids is 1. The van der Waals surface area contributed by atoms with E-state index >= 15 is 0 Å². The third kappa shape index (κ3) is 4.55. The quantitative estimate of drug-likeness (QED) is 0.265. The van der Waals surface area contributed by atoms with Crippen molar-refractivity contribution in [2.75, 3.05) is 14.2 Å². The molecule has 0 atom stereocenters. The van der Waals surface area contributed by atoms with Crippen molar-refractivity contribution in [2.45, 2.75) is 33.9 Å². The summed E-state index contributed by atoms with van der Waals surface area (Å²) in [4.78, 5) is 17.2. The van der Waals surface area contributed by atoms with Gasteiger partial charge >= 0.3 is 5.97 Å². The van der Waals surface area contributed by atoms with Crippen molar-refractivity contribution in [3.8, 4) is 28.6 Å². The summed E-state index contributed by atoms with van der Waals surface area (Å²) in [5.41, 5.74) is 4.34. The lowest BCUT2D eigenvalue weighted by Gasteiger charge is -2.11. The lowest BCUT2D eigenvalue weighted by Crippen LogP contribution is -2.12. The summed E-state index contributed by atoms with van der Waals surface area (Å²) >= 11 is 0. The smallest absolute Gasteiger partial charge is 0.366 e. The molecule has 9 heteroatoms. The summed E-state index contributed by atoms with van der Waals surface area (Å²) in [5, 5.41) is 5.67. The zero-order valence-corrected chi connectivity index (χ0v) is 21.4. The van der Waals surface area contributed by atoms with Crippen LogP contribution in [0.15, 0.2) is 59.5 Å². The van der Waals surface area contributed by atoms with Gasteiger partial charge in [-0.3, -0.25) is 4.68 Å². The Kier molecular flexibility index (Phi) is 6.43. The van der Waals surface area contributed by atoms with Crippen LogP contribution in [0.4, 0.5) is 0 Å². The number of benzene rings is 2. The van der Waals surface area contributed by atoms with Gasteiger partial charge < -0.3 is 23.2 Å². The molecule has 0 N–H and O–H groups in total. The molecular formula is C28H28N4O5. The van der Waals surface area contributed by atoms with E-state index in [-0.39, 0.29) is 5.69 Å². The minimum atomic E-state index is -0.589. The summed E-state index contributed by atoms with van der Waals surface area (Å²) in [6, 6.07) is 13.6. The molecule has 3 heterocycles. The molecule has 0 saturated heterocycles. The number of oxazole rings is 1. The zero-order valence-electron chi connectivity index (χ0n) is 21.4. The molecule has 0 spiro atoms. The number of fused-ring (bicyclic) bond motifs is 1. The Morgan fingerprint density at radius 1 is 1.00 bits per heavy atom. The number of nitrogens with zero attached hydrogens (tertiary/aromatic N) is 4. The van der Waals surface area contributed by atoms with Crippen molar-refractivity contribution in [2.24, 2.45) is 0 Å². The Balaban J connectivity index is 1.35. The van der Waals surface area contributed by atoms with E-state index in [0.29, 0.717) is 41.8 Å². The fourth-order valence-corrected chi connectivity index (χ4v) is 4.48. The Morgan fingerprint density at radius 3 is 2.54 bits per heavy atom. The van der Waals surface area contributed by atoms with E-state index in [9.17, 15) is 4.79 Å². The fourth-order valence-electron chi connectivity index (χ4n) is 4.48. The molecule has 9 nitrogen and oxygen atoms in total. The van der Waals surface area contributed by atoms with Crippen LogP contribution in [0.5, 0.6) is 17.2 Å². The molecule has 2 aromatic carbocycles. The first-order chi connectivity index (χ1) is 17.9. The standard InChI is InChI=1S/C28H28N4O5/c1-17-7-6-8-21(13-17)27-25(29-16-36-27)28(33)37-26-18(2)30-32(19(26)3)12-11-31-10-9-20-14-23(34-4)24(35-5)15-22(20)31/h6-10,13-16H,11-12H2,1-5H3. The molecule has 0 saturated carbocycles. The third-order valence-corrected chi connectivity index (χ3v) is 6.38. The van der Waals surface area contributed by atoms with Gasteiger partial charge in [-0.25, -0.2) is 9.78 Å². The van der Waals surface area contributed by atoms with Crippen LogP contribution < -0.4 is 14.2 Å². The van der Waals surface area contributed by atoms with E-state index in [1.165, 1.54) is 6.39 Å². The minimum Gasteiger partial charge on any atom is -0.493 e. The maximum atomic E-state index is 13.1. The van der Waals surface area contributed by atoms with Gasteiger partial charge in [-0.2, -0.15) is 5.10 Å². The Hall–Kier alpha value is -4.53. The van der Waals surface area contributed by atoms with Gasteiger partial charge in [0.1, 0.15) is 5.69 Å². The van der Waals surface area contributed by atoms with E-state index in [1.807, 2.05) is 74.1 Å². The summed E-state index contributed by atoms with van der Waals surface area (Å²) in [6.07, 6.45) is 3.27. The van der Waals surface area contributed by atoms with Gasteiger partial charge in [-0.05, 0) is 39.0 Å². The van der Waals surface area contributed by atoms with Crippen molar-refractivity contribution in [3.05, 3.63) is 77.7 Å². The van der Waals surface area contributed by atoms with E-state index < -0.39 is 5.97 Å². The number of aromatic nitrogens is 4. The molecule has 0 amide bonds. The van der Waals surface area contributed by atoms with E-state index in [2.05, 4.69) is 14.6 Å². The number of hydrogen-bond acceptors (Lipinski definition) is 7. The second-order valence-electron chi connectivity index (χ2n) is 8.79. The number of methoxy groups -OCH3 is 2. The van der Waals surface area contributed by atoms with Crippen molar-refractivity contribution < 1.29 is 23.4 Å². The average molecular weight is 501 g/mol. The molecule has 0 aliphatic carbocycles. The Morgan fingerprint density at radius 2 is 1.78 bits per heavy atom. The van der Waals surface area contributed by atoms with E-state index in [4.69, 9.17) is 18.6 Å². The molecular weight excluding hydrogens is 472 g/mol. The fraction of sp³-hybridized carbons (Fsp3) is 0.250. The molecule has 3 aromatic heterocycles. The number of carbonyl (C=O) groups is 1. The molecule has 190 valence electrons. The Labute approximate surface area is 214 Å². The van der Waals surface area contributed by atoms with Crippen LogP contribution in [0, 0.1) is 20.8 Å². The van der Waals surface area contributed by atoms with Crippen LogP contribution in [-0.2, 0) is 13.1 Å². The number of esters is 1. The molecule has 0 bridgehead atoms. The molecule has 0 unspecified atom stereocenters. The van der Waals surface area contributed by atoms with Crippen LogP contribution in [0.25, 0.3) is 22.2 Å². The molecule has 0 aliphatic rings. The van der Waals surface area contributed by atoms with Crippen LogP contribution >= 0.6 is 0 Å². The highest BCUT2D eigenvalue weighted by Crippen LogP contribution is 2.33. The number of ether oxygens (including phenoxy) is 3. The molecule has 0 aliphatic heterocycles. The van der Waals surface area contributed by atoms with Gasteiger partial charge in [0, 0.05) is 29.8 Å². The average Bonchev–Trinajstić information content (AvgIpc) is 3.61. The maximum Gasteiger partial charge on any atom is 0.366 e. The number of hydrogen-bond donors (Lipinski definition) is 0. The topological polar surface area (TPSA) is 93.5 Å². The van der Waals surface area contributed by atoms with Crippen LogP contribution in [0.2, 0.25) is 0 Å². The van der Waals surface area contributed by atoms with E-state index in [1.54, 1.807) is 14.2 Å². The second kappa shape index (κ2) is 9.85. The lowest BCUT2D eigenvalue weighted by molar-refractivity contribution is 0.0727. The van der Waals surface area contributed by atoms with E-state index in [0.717, 1.165) is 27.7 Å². The van der Waals surface area contributed by atoms with Crippen LogP contribution in [0.3, 0.4) is 0 Å². The number of rotatable bonds is 8. The number of aryl methyl sites for hydroxylation is 4.